The molecule has 1 N–H and O–H groups in total. The first kappa shape index (κ1) is 17.1. The molecule has 0 aliphatic heterocycles. The molecule has 0 saturated heterocycles. The molecule has 0 unspecified atom stereocenters. The maximum Gasteiger partial charge on any atom is 0.212 e. The average Bonchev–Trinajstić information content (AvgIpc) is 2.91. The predicted molar refractivity (Wildman–Crippen MR) is 91.7 cm³/mol. The summed E-state index contributed by atoms with van der Waals surface area (Å²) in [7, 11) is -3.36. The lowest BCUT2D eigenvalue weighted by atomic mass is 10.0. The van der Waals surface area contributed by atoms with Gasteiger partial charge in [-0.25, -0.2) is 18.1 Å². The molecule has 0 bridgehead atoms. The number of thiazole rings is 1. The van der Waals surface area contributed by atoms with Crippen LogP contribution < -0.4 is 4.72 Å². The lowest BCUT2D eigenvalue weighted by Gasteiger charge is -2.17. The minimum Gasteiger partial charge on any atom is -0.245 e. The Balaban J connectivity index is 2.06. The molecule has 0 saturated carbocycles. The monoisotopic (exact) mass is 338 g/mol. The Hall–Kier alpha value is -1.24. The molecule has 120 valence electrons. The Morgan fingerprint density at radius 2 is 1.95 bits per heavy atom. The molecular weight excluding hydrogens is 316 g/mol. The molecule has 2 aromatic rings. The van der Waals surface area contributed by atoms with E-state index in [-0.39, 0.29) is 17.7 Å². The van der Waals surface area contributed by atoms with E-state index in [1.54, 1.807) is 0 Å². The van der Waals surface area contributed by atoms with Gasteiger partial charge >= 0.3 is 0 Å². The van der Waals surface area contributed by atoms with Gasteiger partial charge in [0.1, 0.15) is 5.01 Å². The van der Waals surface area contributed by atoms with Gasteiger partial charge in [-0.1, -0.05) is 44.2 Å². The van der Waals surface area contributed by atoms with Crippen molar-refractivity contribution >= 4 is 21.4 Å². The van der Waals surface area contributed by atoms with E-state index >= 15 is 0 Å². The van der Waals surface area contributed by atoms with Crippen LogP contribution >= 0.6 is 11.3 Å². The lowest BCUT2D eigenvalue weighted by molar-refractivity contribution is 0.544. The zero-order valence-electron chi connectivity index (χ0n) is 13.1. The van der Waals surface area contributed by atoms with E-state index in [0.717, 1.165) is 16.3 Å². The van der Waals surface area contributed by atoms with Crippen molar-refractivity contribution in [1.82, 2.24) is 9.71 Å². The molecule has 0 spiro atoms. The van der Waals surface area contributed by atoms with Crippen LogP contribution in [0.15, 0.2) is 35.7 Å². The topological polar surface area (TPSA) is 59.1 Å². The van der Waals surface area contributed by atoms with Gasteiger partial charge in [0.15, 0.2) is 0 Å². The second-order valence-corrected chi connectivity index (χ2v) is 8.19. The molecule has 0 aliphatic rings. The van der Waals surface area contributed by atoms with E-state index in [1.165, 1.54) is 11.3 Å². The Bertz CT molecular complexity index is 696. The predicted octanol–water partition coefficient (Wildman–Crippen LogP) is 3.63. The highest BCUT2D eigenvalue weighted by Gasteiger charge is 2.23. The number of benzene rings is 1. The van der Waals surface area contributed by atoms with Crippen LogP contribution in [0, 0.1) is 6.92 Å². The van der Waals surface area contributed by atoms with Crippen LogP contribution in [0.2, 0.25) is 0 Å². The van der Waals surface area contributed by atoms with Gasteiger partial charge in [-0.15, -0.1) is 11.3 Å². The number of rotatable bonds is 7. The first-order chi connectivity index (χ1) is 10.4. The molecule has 2 atom stereocenters. The molecule has 2 rings (SSSR count). The number of hydrogen-bond donors (Lipinski definition) is 1. The molecule has 0 radical (unpaired) electrons. The Morgan fingerprint density at radius 1 is 1.27 bits per heavy atom. The minimum absolute atomic E-state index is 0.0470. The third kappa shape index (κ3) is 4.63. The maximum absolute atomic E-state index is 12.4. The summed E-state index contributed by atoms with van der Waals surface area (Å²) in [6.45, 7) is 5.81. The van der Waals surface area contributed by atoms with Gasteiger partial charge < -0.3 is 0 Å². The summed E-state index contributed by atoms with van der Waals surface area (Å²) in [5, 5.41) is 2.77. The second kappa shape index (κ2) is 7.35. The van der Waals surface area contributed by atoms with Crippen LogP contribution in [0.4, 0.5) is 0 Å². The van der Waals surface area contributed by atoms with Crippen molar-refractivity contribution in [3.05, 3.63) is 52.0 Å². The molecule has 0 fully saturated rings. The van der Waals surface area contributed by atoms with Gasteiger partial charge in [0.2, 0.25) is 10.0 Å². The van der Waals surface area contributed by atoms with Crippen molar-refractivity contribution in [2.45, 2.75) is 39.2 Å². The first-order valence-corrected chi connectivity index (χ1v) is 9.91. The van der Waals surface area contributed by atoms with Gasteiger partial charge in [0.25, 0.3) is 0 Å². The summed E-state index contributed by atoms with van der Waals surface area (Å²) in [4.78, 5) is 4.39. The molecule has 0 aliphatic carbocycles. The van der Waals surface area contributed by atoms with Crippen molar-refractivity contribution in [2.75, 3.05) is 5.75 Å². The van der Waals surface area contributed by atoms with Gasteiger partial charge in [-0.3, -0.25) is 0 Å². The van der Waals surface area contributed by atoms with Gasteiger partial charge in [0, 0.05) is 11.1 Å². The minimum atomic E-state index is -3.36. The van der Waals surface area contributed by atoms with Gasteiger partial charge in [-0.2, -0.15) is 0 Å². The summed E-state index contributed by atoms with van der Waals surface area (Å²) in [5.41, 5.74) is 1.96. The number of nitrogens with one attached hydrogen (secondary N) is 1. The molecule has 1 aromatic carbocycles. The largest absolute Gasteiger partial charge is 0.245 e. The highest BCUT2D eigenvalue weighted by molar-refractivity contribution is 7.89. The zero-order chi connectivity index (χ0) is 16.2. The molecular formula is C16H22N2O2S2. The SMILES string of the molecule is CC[C@H](NS(=O)(=O)C[C@H](C)c1ccccc1)c1nc(C)cs1. The van der Waals surface area contributed by atoms with Crippen molar-refractivity contribution in [3.8, 4) is 0 Å². The van der Waals surface area contributed by atoms with Crippen LogP contribution in [-0.4, -0.2) is 19.2 Å². The Morgan fingerprint density at radius 3 is 2.50 bits per heavy atom. The highest BCUT2D eigenvalue weighted by atomic mass is 32.2. The van der Waals surface area contributed by atoms with Crippen LogP contribution in [-0.2, 0) is 10.0 Å². The number of aromatic nitrogens is 1. The van der Waals surface area contributed by atoms with Crippen LogP contribution in [0.1, 0.15) is 48.5 Å². The number of aryl methyl sites for hydroxylation is 1. The zero-order valence-corrected chi connectivity index (χ0v) is 14.7. The number of sulfonamides is 1. The van der Waals surface area contributed by atoms with Gasteiger partial charge in [0.05, 0.1) is 11.8 Å². The van der Waals surface area contributed by atoms with Crippen LogP contribution in [0.25, 0.3) is 0 Å². The Labute approximate surface area is 136 Å². The first-order valence-electron chi connectivity index (χ1n) is 7.38. The second-order valence-electron chi connectivity index (χ2n) is 5.50. The number of hydrogen-bond acceptors (Lipinski definition) is 4. The van der Waals surface area contributed by atoms with E-state index in [9.17, 15) is 8.42 Å². The molecule has 1 heterocycles. The standard InChI is InChI=1S/C16H22N2O2S2/c1-4-15(16-17-13(3)10-21-16)18-22(19,20)11-12(2)14-8-6-5-7-9-14/h5-10,12,15,18H,4,11H2,1-3H3/t12-,15-/m0/s1. The van der Waals surface area contributed by atoms with Crippen LogP contribution in [0.3, 0.4) is 0 Å². The highest BCUT2D eigenvalue weighted by Crippen LogP contribution is 2.23. The lowest BCUT2D eigenvalue weighted by Crippen LogP contribution is -2.32. The molecule has 22 heavy (non-hydrogen) atoms. The third-order valence-electron chi connectivity index (χ3n) is 3.50. The summed E-state index contributed by atoms with van der Waals surface area (Å²) < 4.78 is 27.7. The van der Waals surface area contributed by atoms with Gasteiger partial charge in [-0.05, 0) is 24.8 Å². The molecule has 1 aromatic heterocycles. The fraction of sp³-hybridized carbons (Fsp3) is 0.438. The van der Waals surface area contributed by atoms with Crippen LogP contribution in [0.5, 0.6) is 0 Å². The van der Waals surface area contributed by atoms with E-state index in [0.29, 0.717) is 6.42 Å². The summed E-state index contributed by atoms with van der Waals surface area (Å²) in [5.74, 6) is 0.0342. The molecule has 4 nitrogen and oxygen atoms in total. The van der Waals surface area contributed by atoms with Crippen molar-refractivity contribution in [3.63, 3.8) is 0 Å². The fourth-order valence-electron chi connectivity index (χ4n) is 2.31. The van der Waals surface area contributed by atoms with Crippen molar-refractivity contribution in [1.29, 1.82) is 0 Å². The molecule has 0 amide bonds. The maximum atomic E-state index is 12.4. The van der Waals surface area contributed by atoms with E-state index in [2.05, 4.69) is 9.71 Å². The third-order valence-corrected chi connectivity index (χ3v) is 6.16. The van der Waals surface area contributed by atoms with Crippen molar-refractivity contribution < 1.29 is 8.42 Å². The summed E-state index contributed by atoms with van der Waals surface area (Å²) >= 11 is 1.50. The molecule has 6 heteroatoms. The average molecular weight is 338 g/mol. The summed E-state index contributed by atoms with van der Waals surface area (Å²) in [6.07, 6.45) is 0.686. The smallest absolute Gasteiger partial charge is 0.212 e. The van der Waals surface area contributed by atoms with E-state index in [4.69, 9.17) is 0 Å². The fourth-order valence-corrected chi connectivity index (χ4v) is 4.98. The van der Waals surface area contributed by atoms with E-state index in [1.807, 2.05) is 56.5 Å². The van der Waals surface area contributed by atoms with E-state index < -0.39 is 10.0 Å². The summed E-state index contributed by atoms with van der Waals surface area (Å²) in [6, 6.07) is 9.47. The quantitative estimate of drug-likeness (QED) is 0.839. The van der Waals surface area contributed by atoms with Crippen molar-refractivity contribution in [2.24, 2.45) is 0 Å². The normalized spacial score (nSPS) is 14.7. The number of nitrogens with zero attached hydrogens (tertiary/aromatic N) is 1. The Kier molecular flexibility index (Phi) is 5.72.